The molecule has 0 atom stereocenters. The van der Waals surface area contributed by atoms with E-state index in [1.165, 1.54) is 25.3 Å². The van der Waals surface area contributed by atoms with Crippen LogP contribution < -0.4 is 15.2 Å². The van der Waals surface area contributed by atoms with Crippen molar-refractivity contribution in [2.24, 2.45) is 5.73 Å². The second kappa shape index (κ2) is 6.44. The third-order valence-electron chi connectivity index (χ3n) is 3.67. The molecule has 0 aromatic heterocycles. The fraction of sp³-hybridized carbons (Fsp3) is 0.500. The van der Waals surface area contributed by atoms with Crippen LogP contribution in [0.4, 0.5) is 0 Å². The van der Waals surface area contributed by atoms with Crippen LogP contribution >= 0.6 is 0 Å². The molecule has 0 aliphatic heterocycles. The molecule has 0 radical (unpaired) electrons. The molecule has 2 rings (SSSR count). The molecule has 1 aliphatic carbocycles. The van der Waals surface area contributed by atoms with Gasteiger partial charge in [-0.3, -0.25) is 4.79 Å². The number of hydrogen-bond donors (Lipinski definition) is 2. The quantitative estimate of drug-likeness (QED) is 0.858. The molecule has 1 amide bonds. The summed E-state index contributed by atoms with van der Waals surface area (Å²) in [7, 11) is -2.26. The minimum absolute atomic E-state index is 0.0303. The Hall–Kier alpha value is -1.60. The first-order chi connectivity index (χ1) is 9.94. The number of sulfonamides is 1. The third kappa shape index (κ3) is 3.74. The highest BCUT2D eigenvalue weighted by Crippen LogP contribution is 2.24. The van der Waals surface area contributed by atoms with E-state index in [1.807, 2.05) is 0 Å². The van der Waals surface area contributed by atoms with Crippen LogP contribution in [0.1, 0.15) is 42.5 Å². The normalized spacial score (nSPS) is 16.6. The number of methoxy groups -OCH3 is 1. The first-order valence-electron chi connectivity index (χ1n) is 6.94. The van der Waals surface area contributed by atoms with E-state index in [4.69, 9.17) is 10.5 Å². The van der Waals surface area contributed by atoms with E-state index in [-0.39, 0.29) is 22.3 Å². The van der Waals surface area contributed by atoms with Crippen molar-refractivity contribution < 1.29 is 17.9 Å². The molecule has 1 fully saturated rings. The second-order valence-corrected chi connectivity index (χ2v) is 6.90. The summed E-state index contributed by atoms with van der Waals surface area (Å²) in [6.07, 6.45) is 4.90. The summed E-state index contributed by atoms with van der Waals surface area (Å²) in [4.78, 5) is 11.4. The number of primary amides is 1. The number of carbonyl (C=O) groups is 1. The lowest BCUT2D eigenvalue weighted by molar-refractivity contribution is 0.0997. The topological polar surface area (TPSA) is 98.5 Å². The SMILES string of the molecule is COc1ccc(S(=O)(=O)NC2CCCCC2)cc1C(N)=O. The molecule has 7 heteroatoms. The lowest BCUT2D eigenvalue weighted by Crippen LogP contribution is -2.36. The smallest absolute Gasteiger partial charge is 0.252 e. The van der Waals surface area contributed by atoms with Crippen LogP contribution in [0.25, 0.3) is 0 Å². The molecule has 1 aliphatic rings. The van der Waals surface area contributed by atoms with Crippen molar-refractivity contribution in [3.8, 4) is 5.75 Å². The zero-order valence-corrected chi connectivity index (χ0v) is 12.8. The van der Waals surface area contributed by atoms with Gasteiger partial charge in [-0.2, -0.15) is 0 Å². The summed E-state index contributed by atoms with van der Waals surface area (Å²) in [5, 5.41) is 0. The standard InChI is InChI=1S/C14H20N2O4S/c1-20-13-8-7-11(9-12(13)14(15)17)21(18,19)16-10-5-3-2-4-6-10/h7-10,16H,2-6H2,1H3,(H2,15,17). The highest BCUT2D eigenvalue weighted by molar-refractivity contribution is 7.89. The predicted molar refractivity (Wildman–Crippen MR) is 78.7 cm³/mol. The van der Waals surface area contributed by atoms with Crippen molar-refractivity contribution in [3.05, 3.63) is 23.8 Å². The summed E-state index contributed by atoms with van der Waals surface area (Å²) >= 11 is 0. The highest BCUT2D eigenvalue weighted by Gasteiger charge is 2.23. The summed E-state index contributed by atoms with van der Waals surface area (Å²) in [5.41, 5.74) is 5.31. The number of nitrogens with two attached hydrogens (primary N) is 1. The molecule has 6 nitrogen and oxygen atoms in total. The molecule has 1 aromatic carbocycles. The Morgan fingerprint density at radius 1 is 1.29 bits per heavy atom. The van der Waals surface area contributed by atoms with Crippen molar-refractivity contribution in [2.45, 2.75) is 43.0 Å². The van der Waals surface area contributed by atoms with Gasteiger partial charge in [-0.05, 0) is 31.0 Å². The summed E-state index contributed by atoms with van der Waals surface area (Å²) in [6, 6.07) is 4.07. The maximum Gasteiger partial charge on any atom is 0.252 e. The van der Waals surface area contributed by atoms with Crippen LogP contribution in [0, 0.1) is 0 Å². The van der Waals surface area contributed by atoms with Gasteiger partial charge in [0, 0.05) is 6.04 Å². The Kier molecular flexibility index (Phi) is 4.84. The lowest BCUT2D eigenvalue weighted by atomic mass is 9.96. The fourth-order valence-corrected chi connectivity index (χ4v) is 3.89. The van der Waals surface area contributed by atoms with E-state index in [9.17, 15) is 13.2 Å². The number of nitrogens with one attached hydrogen (secondary N) is 1. The lowest BCUT2D eigenvalue weighted by Gasteiger charge is -2.22. The Balaban J connectivity index is 2.27. The van der Waals surface area contributed by atoms with Crippen LogP contribution in [-0.2, 0) is 10.0 Å². The van der Waals surface area contributed by atoms with Crippen LogP contribution in [0.2, 0.25) is 0 Å². The van der Waals surface area contributed by atoms with Gasteiger partial charge in [0.2, 0.25) is 10.0 Å². The number of rotatable bonds is 5. The number of benzene rings is 1. The number of amides is 1. The largest absolute Gasteiger partial charge is 0.496 e. The molecule has 3 N–H and O–H groups in total. The highest BCUT2D eigenvalue weighted by atomic mass is 32.2. The van der Waals surface area contributed by atoms with Gasteiger partial charge in [0.25, 0.3) is 5.91 Å². The van der Waals surface area contributed by atoms with Crippen LogP contribution in [0.3, 0.4) is 0 Å². The van der Waals surface area contributed by atoms with Crippen LogP contribution in [-0.4, -0.2) is 27.5 Å². The monoisotopic (exact) mass is 312 g/mol. The number of hydrogen-bond acceptors (Lipinski definition) is 4. The first kappa shape index (κ1) is 15.8. The molecule has 0 unspecified atom stereocenters. The van der Waals surface area contributed by atoms with Crippen molar-refractivity contribution in [1.82, 2.24) is 4.72 Å². The molecule has 0 spiro atoms. The second-order valence-electron chi connectivity index (χ2n) is 5.18. The number of ether oxygens (including phenoxy) is 1. The maximum absolute atomic E-state index is 12.4. The average Bonchev–Trinajstić information content (AvgIpc) is 2.47. The average molecular weight is 312 g/mol. The molecular formula is C14H20N2O4S. The van der Waals surface area contributed by atoms with Gasteiger partial charge in [-0.1, -0.05) is 19.3 Å². The Morgan fingerprint density at radius 2 is 1.95 bits per heavy atom. The Labute approximate surface area is 124 Å². The third-order valence-corrected chi connectivity index (χ3v) is 5.19. The summed E-state index contributed by atoms with van der Waals surface area (Å²) in [6.45, 7) is 0. The molecule has 1 saturated carbocycles. The van der Waals surface area contributed by atoms with E-state index < -0.39 is 15.9 Å². The van der Waals surface area contributed by atoms with E-state index in [0.29, 0.717) is 0 Å². The summed E-state index contributed by atoms with van der Waals surface area (Å²) < 4.78 is 32.4. The molecular weight excluding hydrogens is 292 g/mol. The van der Waals surface area contributed by atoms with Crippen LogP contribution in [0.5, 0.6) is 5.75 Å². The number of carbonyl (C=O) groups excluding carboxylic acids is 1. The van der Waals surface area contributed by atoms with Gasteiger partial charge in [-0.25, -0.2) is 13.1 Å². The minimum atomic E-state index is -3.65. The first-order valence-corrected chi connectivity index (χ1v) is 8.42. The van der Waals surface area contributed by atoms with E-state index in [2.05, 4.69) is 4.72 Å². The summed E-state index contributed by atoms with van der Waals surface area (Å²) in [5.74, 6) is -0.458. The predicted octanol–water partition coefficient (Wildman–Crippen LogP) is 1.41. The molecule has 0 bridgehead atoms. The maximum atomic E-state index is 12.4. The van der Waals surface area contributed by atoms with Crippen molar-refractivity contribution >= 4 is 15.9 Å². The minimum Gasteiger partial charge on any atom is -0.496 e. The molecule has 116 valence electrons. The van der Waals surface area contributed by atoms with Crippen molar-refractivity contribution in [3.63, 3.8) is 0 Å². The molecule has 1 aromatic rings. The fourth-order valence-electron chi connectivity index (χ4n) is 2.55. The zero-order chi connectivity index (χ0) is 15.5. The Morgan fingerprint density at radius 3 is 2.52 bits per heavy atom. The van der Waals surface area contributed by atoms with E-state index >= 15 is 0 Å². The van der Waals surface area contributed by atoms with E-state index in [0.717, 1.165) is 32.1 Å². The van der Waals surface area contributed by atoms with Gasteiger partial charge < -0.3 is 10.5 Å². The van der Waals surface area contributed by atoms with Gasteiger partial charge in [0.05, 0.1) is 17.6 Å². The zero-order valence-electron chi connectivity index (χ0n) is 12.0. The van der Waals surface area contributed by atoms with E-state index in [1.54, 1.807) is 0 Å². The van der Waals surface area contributed by atoms with Crippen molar-refractivity contribution in [1.29, 1.82) is 0 Å². The van der Waals surface area contributed by atoms with Gasteiger partial charge in [-0.15, -0.1) is 0 Å². The molecule has 0 heterocycles. The van der Waals surface area contributed by atoms with Crippen molar-refractivity contribution in [2.75, 3.05) is 7.11 Å². The Bertz CT molecular complexity index is 622. The van der Waals surface area contributed by atoms with Crippen LogP contribution in [0.15, 0.2) is 23.1 Å². The molecule has 21 heavy (non-hydrogen) atoms. The molecule has 0 saturated heterocycles. The van der Waals surface area contributed by atoms with Gasteiger partial charge in [0.1, 0.15) is 5.75 Å². The van der Waals surface area contributed by atoms with Gasteiger partial charge >= 0.3 is 0 Å². The van der Waals surface area contributed by atoms with Gasteiger partial charge in [0.15, 0.2) is 0 Å².